The number of rotatable bonds is 3. The van der Waals surface area contributed by atoms with Gasteiger partial charge >= 0.3 is 0 Å². The molecule has 0 radical (unpaired) electrons. The van der Waals surface area contributed by atoms with Crippen molar-refractivity contribution in [3.8, 4) is 0 Å². The van der Waals surface area contributed by atoms with Crippen LogP contribution in [0.3, 0.4) is 0 Å². The van der Waals surface area contributed by atoms with E-state index in [1.165, 1.54) is 23.5 Å². The van der Waals surface area contributed by atoms with E-state index in [1.54, 1.807) is 12.4 Å². The van der Waals surface area contributed by atoms with Gasteiger partial charge in [-0.2, -0.15) is 0 Å². The number of carbonyl (C=O) groups is 1. The van der Waals surface area contributed by atoms with Crippen LogP contribution in [0, 0.1) is 18.6 Å². The van der Waals surface area contributed by atoms with Crippen molar-refractivity contribution in [3.05, 3.63) is 51.5 Å². The summed E-state index contributed by atoms with van der Waals surface area (Å²) in [6.07, 6.45) is -0.146. The fourth-order valence-electron chi connectivity index (χ4n) is 1.51. The second kappa shape index (κ2) is 4.71. The molecule has 1 aromatic heterocycles. The molecule has 0 atom stereocenters. The standard InChI is InChI=1S/C12H9F2NOS/c1-7-12(17-6-15-7)10(16)5-8-3-2-4-9(13)11(8)14/h2-4,6H,5H2,1H3. The molecule has 0 saturated heterocycles. The van der Waals surface area contributed by atoms with Crippen LogP contribution in [0.5, 0.6) is 0 Å². The number of thiazole rings is 1. The monoisotopic (exact) mass is 253 g/mol. The lowest BCUT2D eigenvalue weighted by Gasteiger charge is -2.02. The van der Waals surface area contributed by atoms with Crippen LogP contribution in [0.1, 0.15) is 20.9 Å². The predicted octanol–water partition coefficient (Wildman–Crippen LogP) is 3.16. The van der Waals surface area contributed by atoms with E-state index in [1.807, 2.05) is 0 Å². The zero-order valence-corrected chi connectivity index (χ0v) is 9.85. The number of benzene rings is 1. The molecule has 0 aliphatic rings. The second-order valence-electron chi connectivity index (χ2n) is 3.58. The number of carbonyl (C=O) groups excluding carboxylic acids is 1. The van der Waals surface area contributed by atoms with E-state index in [2.05, 4.69) is 4.98 Å². The molecule has 0 N–H and O–H groups in total. The topological polar surface area (TPSA) is 30.0 Å². The minimum atomic E-state index is -0.956. The maximum Gasteiger partial charge on any atom is 0.179 e. The molecular weight excluding hydrogens is 244 g/mol. The molecule has 0 unspecified atom stereocenters. The summed E-state index contributed by atoms with van der Waals surface area (Å²) in [6, 6.07) is 3.83. The molecule has 0 amide bonds. The molecule has 2 aromatic rings. The smallest absolute Gasteiger partial charge is 0.179 e. The van der Waals surface area contributed by atoms with Crippen LogP contribution in [0.2, 0.25) is 0 Å². The van der Waals surface area contributed by atoms with Crippen molar-refractivity contribution in [2.24, 2.45) is 0 Å². The Bertz CT molecular complexity index is 565. The lowest BCUT2D eigenvalue weighted by molar-refractivity contribution is 0.0995. The molecule has 1 aromatic carbocycles. The van der Waals surface area contributed by atoms with Gasteiger partial charge in [-0.3, -0.25) is 4.79 Å². The molecule has 0 spiro atoms. The van der Waals surface area contributed by atoms with Crippen LogP contribution in [0.15, 0.2) is 23.7 Å². The van der Waals surface area contributed by atoms with Gasteiger partial charge in [-0.1, -0.05) is 12.1 Å². The molecule has 0 bridgehead atoms. The fraction of sp³-hybridized carbons (Fsp3) is 0.167. The van der Waals surface area contributed by atoms with Gasteiger partial charge in [0, 0.05) is 6.42 Å². The first-order chi connectivity index (χ1) is 8.09. The summed E-state index contributed by atoms with van der Waals surface area (Å²) in [5, 5.41) is 0. The van der Waals surface area contributed by atoms with E-state index in [-0.39, 0.29) is 17.8 Å². The van der Waals surface area contributed by atoms with E-state index < -0.39 is 11.6 Å². The first-order valence-electron chi connectivity index (χ1n) is 4.95. The third kappa shape index (κ3) is 2.39. The van der Waals surface area contributed by atoms with Crippen LogP contribution in [-0.4, -0.2) is 10.8 Å². The van der Waals surface area contributed by atoms with E-state index in [0.717, 1.165) is 6.07 Å². The van der Waals surface area contributed by atoms with Crippen LogP contribution in [0.4, 0.5) is 8.78 Å². The van der Waals surface area contributed by atoms with Crippen molar-refractivity contribution in [1.29, 1.82) is 0 Å². The van der Waals surface area contributed by atoms with Gasteiger partial charge in [-0.05, 0) is 18.6 Å². The van der Waals surface area contributed by atoms with Crippen molar-refractivity contribution in [2.45, 2.75) is 13.3 Å². The highest BCUT2D eigenvalue weighted by Gasteiger charge is 2.16. The third-order valence-electron chi connectivity index (χ3n) is 2.38. The summed E-state index contributed by atoms with van der Waals surface area (Å²) in [5.41, 5.74) is 2.25. The van der Waals surface area contributed by atoms with Gasteiger partial charge in [0.1, 0.15) is 0 Å². The van der Waals surface area contributed by atoms with Crippen molar-refractivity contribution < 1.29 is 13.6 Å². The molecule has 17 heavy (non-hydrogen) atoms. The highest BCUT2D eigenvalue weighted by Crippen LogP contribution is 2.18. The molecule has 0 fully saturated rings. The summed E-state index contributed by atoms with van der Waals surface area (Å²) in [7, 11) is 0. The zero-order valence-electron chi connectivity index (χ0n) is 9.04. The SMILES string of the molecule is Cc1ncsc1C(=O)Cc1cccc(F)c1F. The van der Waals surface area contributed by atoms with Gasteiger partial charge in [0.2, 0.25) is 0 Å². The normalized spacial score (nSPS) is 10.5. The van der Waals surface area contributed by atoms with E-state index in [0.29, 0.717) is 10.6 Å². The lowest BCUT2D eigenvalue weighted by atomic mass is 10.1. The van der Waals surface area contributed by atoms with Crippen LogP contribution < -0.4 is 0 Å². The molecule has 2 rings (SSSR count). The number of hydrogen-bond donors (Lipinski definition) is 0. The number of aromatic nitrogens is 1. The first kappa shape index (κ1) is 11.9. The predicted molar refractivity (Wildman–Crippen MR) is 61.2 cm³/mol. The zero-order chi connectivity index (χ0) is 12.4. The Morgan fingerprint density at radius 2 is 2.18 bits per heavy atom. The summed E-state index contributed by atoms with van der Waals surface area (Å²) >= 11 is 1.21. The Kier molecular flexibility index (Phi) is 3.28. The molecule has 0 aliphatic carbocycles. The number of aryl methyl sites for hydroxylation is 1. The van der Waals surface area contributed by atoms with Crippen molar-refractivity contribution in [1.82, 2.24) is 4.98 Å². The maximum atomic E-state index is 13.4. The largest absolute Gasteiger partial charge is 0.293 e. The van der Waals surface area contributed by atoms with Gasteiger partial charge in [-0.15, -0.1) is 11.3 Å². The van der Waals surface area contributed by atoms with Crippen molar-refractivity contribution >= 4 is 17.1 Å². The Hall–Kier alpha value is -1.62. The Morgan fingerprint density at radius 1 is 1.41 bits per heavy atom. The van der Waals surface area contributed by atoms with E-state index >= 15 is 0 Å². The number of ketones is 1. The fourth-order valence-corrected chi connectivity index (χ4v) is 2.25. The average molecular weight is 253 g/mol. The molecular formula is C12H9F2NOS. The Labute approximate surface area is 101 Å². The molecule has 5 heteroatoms. The van der Waals surface area contributed by atoms with Gasteiger partial charge in [0.25, 0.3) is 0 Å². The average Bonchev–Trinajstić information content (AvgIpc) is 2.71. The van der Waals surface area contributed by atoms with Crippen molar-refractivity contribution in [3.63, 3.8) is 0 Å². The molecule has 2 nitrogen and oxygen atoms in total. The first-order valence-corrected chi connectivity index (χ1v) is 5.83. The number of hydrogen-bond acceptors (Lipinski definition) is 3. The second-order valence-corrected chi connectivity index (χ2v) is 4.43. The molecule has 1 heterocycles. The molecule has 0 aliphatic heterocycles. The van der Waals surface area contributed by atoms with Gasteiger partial charge < -0.3 is 0 Å². The van der Waals surface area contributed by atoms with Crippen molar-refractivity contribution in [2.75, 3.05) is 0 Å². The number of halogens is 2. The molecule has 88 valence electrons. The van der Waals surface area contributed by atoms with E-state index in [9.17, 15) is 13.6 Å². The van der Waals surface area contributed by atoms with Crippen LogP contribution >= 0.6 is 11.3 Å². The number of nitrogens with zero attached hydrogens (tertiary/aromatic N) is 1. The maximum absolute atomic E-state index is 13.4. The highest BCUT2D eigenvalue weighted by atomic mass is 32.1. The lowest BCUT2D eigenvalue weighted by Crippen LogP contribution is -2.06. The van der Waals surface area contributed by atoms with Crippen LogP contribution in [-0.2, 0) is 6.42 Å². The summed E-state index contributed by atoms with van der Waals surface area (Å²) in [5.74, 6) is -2.13. The summed E-state index contributed by atoms with van der Waals surface area (Å²) in [6.45, 7) is 1.71. The Balaban J connectivity index is 2.25. The quantitative estimate of drug-likeness (QED) is 0.786. The third-order valence-corrected chi connectivity index (χ3v) is 3.35. The minimum Gasteiger partial charge on any atom is -0.293 e. The number of Topliss-reactive ketones (excluding diaryl/α,β-unsaturated/α-hetero) is 1. The van der Waals surface area contributed by atoms with Gasteiger partial charge in [0.15, 0.2) is 17.4 Å². The highest BCUT2D eigenvalue weighted by molar-refractivity contribution is 7.11. The minimum absolute atomic E-state index is 0.0720. The summed E-state index contributed by atoms with van der Waals surface area (Å²) in [4.78, 5) is 16.3. The molecule has 0 saturated carbocycles. The summed E-state index contributed by atoms with van der Waals surface area (Å²) < 4.78 is 26.3. The van der Waals surface area contributed by atoms with Gasteiger partial charge in [0.05, 0.1) is 16.1 Å². The van der Waals surface area contributed by atoms with Gasteiger partial charge in [-0.25, -0.2) is 13.8 Å². The van der Waals surface area contributed by atoms with E-state index in [4.69, 9.17) is 0 Å². The van der Waals surface area contributed by atoms with Crippen LogP contribution in [0.25, 0.3) is 0 Å². The Morgan fingerprint density at radius 3 is 2.82 bits per heavy atom.